The molecule has 0 aliphatic carbocycles. The highest BCUT2D eigenvalue weighted by Gasteiger charge is 2.08. The highest BCUT2D eigenvalue weighted by atomic mass is 16.5. The lowest BCUT2D eigenvalue weighted by molar-refractivity contribution is 0.399. The fourth-order valence-electron chi connectivity index (χ4n) is 4.05. The number of ether oxygens (including phenoxy) is 4. The van der Waals surface area contributed by atoms with Gasteiger partial charge in [-0.15, -0.1) is 0 Å². The van der Waals surface area contributed by atoms with Crippen molar-refractivity contribution in [3.05, 3.63) is 107 Å². The van der Waals surface area contributed by atoms with Crippen LogP contribution in [0.25, 0.3) is 0 Å². The molecule has 4 rings (SSSR count). The number of hydrogen-bond acceptors (Lipinski definition) is 6. The molecule has 0 bridgehead atoms. The van der Waals surface area contributed by atoms with Crippen molar-refractivity contribution >= 4 is 11.4 Å². The maximum absolute atomic E-state index is 5.52. The maximum atomic E-state index is 5.52. The second kappa shape index (κ2) is 11.9. The third-order valence-electron chi connectivity index (χ3n) is 5.87. The smallest absolute Gasteiger partial charge is 0.122 e. The SMILES string of the molecule is COc1ccc(OC)c(Cc2cccc(N=Nc3cccc(Cc4cc(OC)ccc4OC)c3)c2)c1. The Hall–Kier alpha value is -4.32. The molecule has 6 heteroatoms. The Bertz CT molecular complexity index is 1250. The summed E-state index contributed by atoms with van der Waals surface area (Å²) in [5.41, 5.74) is 5.88. The van der Waals surface area contributed by atoms with Crippen molar-refractivity contribution in [2.45, 2.75) is 12.8 Å². The van der Waals surface area contributed by atoms with Crippen LogP contribution in [-0.4, -0.2) is 28.4 Å². The summed E-state index contributed by atoms with van der Waals surface area (Å²) in [5.74, 6) is 3.25. The monoisotopic (exact) mass is 482 g/mol. The summed E-state index contributed by atoms with van der Waals surface area (Å²) >= 11 is 0. The molecule has 184 valence electrons. The van der Waals surface area contributed by atoms with Crippen molar-refractivity contribution in [3.63, 3.8) is 0 Å². The van der Waals surface area contributed by atoms with Gasteiger partial charge in [0.2, 0.25) is 0 Å². The molecule has 0 radical (unpaired) electrons. The first-order valence-electron chi connectivity index (χ1n) is 11.6. The topological polar surface area (TPSA) is 61.6 Å². The van der Waals surface area contributed by atoms with Gasteiger partial charge in [0.05, 0.1) is 39.8 Å². The Labute approximate surface area is 212 Å². The number of hydrogen-bond donors (Lipinski definition) is 0. The molecule has 36 heavy (non-hydrogen) atoms. The van der Waals surface area contributed by atoms with Crippen LogP contribution in [-0.2, 0) is 12.8 Å². The first-order chi connectivity index (χ1) is 17.6. The van der Waals surface area contributed by atoms with Gasteiger partial charge in [-0.1, -0.05) is 24.3 Å². The minimum Gasteiger partial charge on any atom is -0.497 e. The van der Waals surface area contributed by atoms with Crippen molar-refractivity contribution in [2.75, 3.05) is 28.4 Å². The van der Waals surface area contributed by atoms with Crippen LogP contribution in [0.15, 0.2) is 95.2 Å². The molecule has 0 saturated heterocycles. The van der Waals surface area contributed by atoms with Gasteiger partial charge in [0.25, 0.3) is 0 Å². The Morgan fingerprint density at radius 2 is 0.944 bits per heavy atom. The summed E-state index contributed by atoms with van der Waals surface area (Å²) in [6.45, 7) is 0. The summed E-state index contributed by atoms with van der Waals surface area (Å²) < 4.78 is 21.8. The van der Waals surface area contributed by atoms with E-state index in [1.54, 1.807) is 28.4 Å². The van der Waals surface area contributed by atoms with E-state index in [-0.39, 0.29) is 0 Å². The molecular weight excluding hydrogens is 452 g/mol. The Kier molecular flexibility index (Phi) is 8.19. The quantitative estimate of drug-likeness (QED) is 0.222. The van der Waals surface area contributed by atoms with E-state index in [1.165, 1.54) is 0 Å². The van der Waals surface area contributed by atoms with E-state index in [0.29, 0.717) is 12.8 Å². The molecule has 0 aliphatic heterocycles. The number of rotatable bonds is 10. The zero-order valence-electron chi connectivity index (χ0n) is 21.0. The van der Waals surface area contributed by atoms with Crippen molar-refractivity contribution in [2.24, 2.45) is 10.2 Å². The summed E-state index contributed by atoms with van der Waals surface area (Å²) in [6, 6.07) is 27.7. The minimum atomic E-state index is 0.696. The van der Waals surface area contributed by atoms with Gasteiger partial charge >= 0.3 is 0 Å². The lowest BCUT2D eigenvalue weighted by Gasteiger charge is -2.11. The van der Waals surface area contributed by atoms with Gasteiger partial charge in [-0.3, -0.25) is 0 Å². The first kappa shape index (κ1) is 24.8. The highest BCUT2D eigenvalue weighted by molar-refractivity contribution is 5.48. The Morgan fingerprint density at radius 3 is 1.33 bits per heavy atom. The van der Waals surface area contributed by atoms with E-state index in [4.69, 9.17) is 18.9 Å². The Morgan fingerprint density at radius 1 is 0.500 bits per heavy atom. The summed E-state index contributed by atoms with van der Waals surface area (Å²) in [6.07, 6.45) is 1.39. The van der Waals surface area contributed by atoms with Crippen molar-refractivity contribution in [1.82, 2.24) is 0 Å². The molecule has 0 N–H and O–H groups in total. The number of nitrogens with zero attached hydrogens (tertiary/aromatic N) is 2. The lowest BCUT2D eigenvalue weighted by atomic mass is 10.0. The van der Waals surface area contributed by atoms with E-state index < -0.39 is 0 Å². The van der Waals surface area contributed by atoms with Crippen molar-refractivity contribution in [1.29, 1.82) is 0 Å². The average Bonchev–Trinajstić information content (AvgIpc) is 2.92. The van der Waals surface area contributed by atoms with Gasteiger partial charge in [-0.05, 0) is 71.8 Å². The van der Waals surface area contributed by atoms with Gasteiger partial charge in [0.1, 0.15) is 23.0 Å². The molecule has 0 spiro atoms. The molecule has 0 amide bonds. The molecular formula is C30H30N2O4. The molecule has 0 aromatic heterocycles. The van der Waals surface area contributed by atoms with Crippen LogP contribution < -0.4 is 18.9 Å². The molecule has 4 aromatic rings. The molecule has 6 nitrogen and oxygen atoms in total. The van der Waals surface area contributed by atoms with E-state index in [2.05, 4.69) is 22.4 Å². The third-order valence-corrected chi connectivity index (χ3v) is 5.87. The Balaban J connectivity index is 1.51. The van der Waals surface area contributed by atoms with E-state index in [0.717, 1.165) is 56.6 Å². The van der Waals surface area contributed by atoms with Gasteiger partial charge in [-0.25, -0.2) is 0 Å². The predicted molar refractivity (Wildman–Crippen MR) is 142 cm³/mol. The van der Waals surface area contributed by atoms with E-state index >= 15 is 0 Å². The van der Waals surface area contributed by atoms with Crippen LogP contribution in [0.1, 0.15) is 22.3 Å². The van der Waals surface area contributed by atoms with Gasteiger partial charge < -0.3 is 18.9 Å². The van der Waals surface area contributed by atoms with Crippen LogP contribution >= 0.6 is 0 Å². The lowest BCUT2D eigenvalue weighted by Crippen LogP contribution is -1.95. The standard InChI is InChI=1S/C30H30N2O4/c1-33-27-11-13-29(35-3)23(19-27)15-21-7-5-9-25(17-21)31-32-26-10-6-8-22(18-26)16-24-20-28(34-2)12-14-30(24)36-4/h5-14,17-20H,15-16H2,1-4H3. The number of azo groups is 1. The fraction of sp³-hybridized carbons (Fsp3) is 0.200. The highest BCUT2D eigenvalue weighted by Crippen LogP contribution is 2.29. The normalized spacial score (nSPS) is 10.9. The van der Waals surface area contributed by atoms with Crippen LogP contribution in [0.3, 0.4) is 0 Å². The number of benzene rings is 4. The number of methoxy groups -OCH3 is 4. The maximum Gasteiger partial charge on any atom is 0.122 e. The molecule has 4 aromatic carbocycles. The zero-order valence-corrected chi connectivity index (χ0v) is 21.0. The first-order valence-corrected chi connectivity index (χ1v) is 11.6. The summed E-state index contributed by atoms with van der Waals surface area (Å²) in [4.78, 5) is 0. The van der Waals surface area contributed by atoms with Gasteiger partial charge in [0.15, 0.2) is 0 Å². The predicted octanol–water partition coefficient (Wildman–Crippen LogP) is 7.32. The van der Waals surface area contributed by atoms with Gasteiger partial charge in [0, 0.05) is 24.0 Å². The molecule has 0 heterocycles. The second-order valence-corrected chi connectivity index (χ2v) is 8.25. The van der Waals surface area contributed by atoms with E-state index in [9.17, 15) is 0 Å². The second-order valence-electron chi connectivity index (χ2n) is 8.25. The minimum absolute atomic E-state index is 0.696. The van der Waals surface area contributed by atoms with Crippen LogP contribution in [0.5, 0.6) is 23.0 Å². The van der Waals surface area contributed by atoms with Crippen LogP contribution in [0.2, 0.25) is 0 Å². The average molecular weight is 483 g/mol. The molecule has 0 unspecified atom stereocenters. The van der Waals surface area contributed by atoms with Crippen LogP contribution in [0.4, 0.5) is 11.4 Å². The summed E-state index contributed by atoms with van der Waals surface area (Å²) in [5, 5.41) is 8.98. The molecule has 0 atom stereocenters. The largest absolute Gasteiger partial charge is 0.497 e. The fourth-order valence-corrected chi connectivity index (χ4v) is 4.05. The van der Waals surface area contributed by atoms with E-state index in [1.807, 2.05) is 72.8 Å². The summed E-state index contributed by atoms with van der Waals surface area (Å²) in [7, 11) is 6.67. The molecule has 0 saturated carbocycles. The zero-order chi connectivity index (χ0) is 25.3. The van der Waals surface area contributed by atoms with Crippen molar-refractivity contribution in [3.8, 4) is 23.0 Å². The molecule has 0 fully saturated rings. The van der Waals surface area contributed by atoms with Gasteiger partial charge in [-0.2, -0.15) is 10.2 Å². The van der Waals surface area contributed by atoms with Crippen molar-refractivity contribution < 1.29 is 18.9 Å². The third kappa shape index (κ3) is 6.21. The molecule has 0 aliphatic rings. The van der Waals surface area contributed by atoms with Crippen LogP contribution in [0, 0.1) is 0 Å².